The topological polar surface area (TPSA) is 32.8 Å². The van der Waals surface area contributed by atoms with Gasteiger partial charge in [-0.05, 0) is 68.5 Å². The van der Waals surface area contributed by atoms with Crippen molar-refractivity contribution in [2.24, 2.45) is 5.92 Å². The zero-order valence-corrected chi connectivity index (χ0v) is 18.2. The van der Waals surface area contributed by atoms with E-state index in [4.69, 9.17) is 16.3 Å². The van der Waals surface area contributed by atoms with Gasteiger partial charge in [-0.25, -0.2) is 0 Å². The first kappa shape index (κ1) is 21.7. The summed E-state index contributed by atoms with van der Waals surface area (Å²) >= 11 is 6.25. The summed E-state index contributed by atoms with van der Waals surface area (Å²) in [6.45, 7) is 5.76. The van der Waals surface area contributed by atoms with Gasteiger partial charge in [0.15, 0.2) is 0 Å². The quantitative estimate of drug-likeness (QED) is 0.606. The van der Waals surface area contributed by atoms with Crippen LogP contribution < -0.4 is 9.64 Å². The highest BCUT2D eigenvalue weighted by molar-refractivity contribution is 6.32. The molecule has 29 heavy (non-hydrogen) atoms. The average Bonchev–Trinajstić information content (AvgIpc) is 2.74. The van der Waals surface area contributed by atoms with Crippen molar-refractivity contribution in [3.63, 3.8) is 0 Å². The van der Waals surface area contributed by atoms with Crippen molar-refractivity contribution in [1.82, 2.24) is 4.90 Å². The molecule has 1 amide bonds. The van der Waals surface area contributed by atoms with Gasteiger partial charge in [0.25, 0.3) is 0 Å². The molecule has 1 heterocycles. The first-order valence-corrected chi connectivity index (χ1v) is 10.8. The van der Waals surface area contributed by atoms with Crippen molar-refractivity contribution < 1.29 is 9.53 Å². The molecule has 2 aromatic rings. The number of rotatable bonds is 8. The molecule has 1 fully saturated rings. The Bertz CT molecular complexity index is 789. The molecule has 4 nitrogen and oxygen atoms in total. The van der Waals surface area contributed by atoms with Gasteiger partial charge >= 0.3 is 0 Å². The molecule has 0 atom stereocenters. The van der Waals surface area contributed by atoms with Crippen molar-refractivity contribution in [2.75, 3.05) is 38.2 Å². The monoisotopic (exact) mass is 414 g/mol. The number of nitrogens with zero attached hydrogens (tertiary/aromatic N) is 2. The van der Waals surface area contributed by atoms with E-state index in [0.29, 0.717) is 16.7 Å². The molecule has 0 unspecified atom stereocenters. The summed E-state index contributed by atoms with van der Waals surface area (Å²) in [5.41, 5.74) is 2.24. The molecule has 0 spiro atoms. The molecule has 0 N–H and O–H groups in total. The number of halogens is 1. The third kappa shape index (κ3) is 6.22. The summed E-state index contributed by atoms with van der Waals surface area (Å²) in [5, 5.41) is 0.531. The third-order valence-corrected chi connectivity index (χ3v) is 6.15. The Morgan fingerprint density at radius 3 is 2.52 bits per heavy atom. The molecule has 0 saturated carbocycles. The second kappa shape index (κ2) is 10.7. The second-order valence-corrected chi connectivity index (χ2v) is 8.21. The Labute approximate surface area is 179 Å². The predicted octanol–water partition coefficient (Wildman–Crippen LogP) is 5.05. The van der Waals surface area contributed by atoms with Crippen LogP contribution in [0.1, 0.15) is 31.7 Å². The largest absolute Gasteiger partial charge is 0.495 e. The van der Waals surface area contributed by atoms with Gasteiger partial charge in [0, 0.05) is 25.7 Å². The van der Waals surface area contributed by atoms with Crippen LogP contribution in [0.4, 0.5) is 5.69 Å². The van der Waals surface area contributed by atoms with Crippen LogP contribution in [0.15, 0.2) is 48.5 Å². The molecular formula is C24H31ClN2O2. The van der Waals surface area contributed by atoms with Gasteiger partial charge in [0.1, 0.15) is 5.75 Å². The van der Waals surface area contributed by atoms with Crippen LogP contribution in [0.2, 0.25) is 5.02 Å². The number of hydrogen-bond donors (Lipinski definition) is 0. The van der Waals surface area contributed by atoms with Crippen LogP contribution in [0, 0.1) is 5.92 Å². The number of amides is 1. The molecule has 156 valence electrons. The van der Waals surface area contributed by atoms with Gasteiger partial charge in [-0.3, -0.25) is 4.79 Å². The SMILES string of the molecule is COc1ccc(N(CCC2CCN(CCc3ccccc3)CC2)C(C)=O)cc1Cl. The summed E-state index contributed by atoms with van der Waals surface area (Å²) < 4.78 is 5.21. The van der Waals surface area contributed by atoms with Crippen LogP contribution in [0.3, 0.4) is 0 Å². The van der Waals surface area contributed by atoms with Crippen LogP contribution in [-0.2, 0) is 11.2 Å². The highest BCUT2D eigenvalue weighted by Crippen LogP contribution is 2.30. The molecule has 0 aliphatic carbocycles. The molecular weight excluding hydrogens is 384 g/mol. The fraction of sp³-hybridized carbons (Fsp3) is 0.458. The van der Waals surface area contributed by atoms with E-state index in [1.165, 1.54) is 18.4 Å². The lowest BCUT2D eigenvalue weighted by Crippen LogP contribution is -2.37. The third-order valence-electron chi connectivity index (χ3n) is 5.85. The lowest BCUT2D eigenvalue weighted by molar-refractivity contribution is -0.116. The second-order valence-electron chi connectivity index (χ2n) is 7.80. The Morgan fingerprint density at radius 1 is 1.17 bits per heavy atom. The van der Waals surface area contributed by atoms with Crippen molar-refractivity contribution in [1.29, 1.82) is 0 Å². The van der Waals surface area contributed by atoms with E-state index >= 15 is 0 Å². The number of methoxy groups -OCH3 is 1. The summed E-state index contributed by atoms with van der Waals surface area (Å²) in [4.78, 5) is 16.6. The van der Waals surface area contributed by atoms with E-state index in [1.54, 1.807) is 14.0 Å². The standard InChI is InChI=1S/C24H31ClN2O2/c1-19(28)27(22-8-9-24(29-2)23(25)18-22)17-13-21-11-15-26(16-12-21)14-10-20-6-4-3-5-7-20/h3-9,18,21H,10-17H2,1-2H3. The number of carbonyl (C=O) groups is 1. The summed E-state index contributed by atoms with van der Waals surface area (Å²) in [6.07, 6.45) is 4.53. The maximum atomic E-state index is 12.2. The van der Waals surface area contributed by atoms with Crippen molar-refractivity contribution in [2.45, 2.75) is 32.6 Å². The molecule has 1 saturated heterocycles. The summed E-state index contributed by atoms with van der Waals surface area (Å²) in [6, 6.07) is 16.2. The maximum absolute atomic E-state index is 12.2. The van der Waals surface area contributed by atoms with E-state index in [2.05, 4.69) is 35.2 Å². The van der Waals surface area contributed by atoms with E-state index in [-0.39, 0.29) is 5.91 Å². The number of piperidine rings is 1. The minimum absolute atomic E-state index is 0.0477. The molecule has 2 aromatic carbocycles. The first-order valence-electron chi connectivity index (χ1n) is 10.4. The predicted molar refractivity (Wildman–Crippen MR) is 120 cm³/mol. The van der Waals surface area contributed by atoms with Gasteiger partial charge in [-0.2, -0.15) is 0 Å². The number of carbonyl (C=O) groups excluding carboxylic acids is 1. The average molecular weight is 415 g/mol. The van der Waals surface area contributed by atoms with Gasteiger partial charge < -0.3 is 14.5 Å². The van der Waals surface area contributed by atoms with Crippen LogP contribution >= 0.6 is 11.6 Å². The zero-order valence-electron chi connectivity index (χ0n) is 17.4. The van der Waals surface area contributed by atoms with E-state index in [9.17, 15) is 4.79 Å². The number of hydrogen-bond acceptors (Lipinski definition) is 3. The van der Waals surface area contributed by atoms with E-state index < -0.39 is 0 Å². The molecule has 1 aliphatic rings. The number of likely N-dealkylation sites (tertiary alicyclic amines) is 1. The lowest BCUT2D eigenvalue weighted by Gasteiger charge is -2.33. The van der Waals surface area contributed by atoms with Gasteiger partial charge in [-0.15, -0.1) is 0 Å². The Morgan fingerprint density at radius 2 is 1.90 bits per heavy atom. The Kier molecular flexibility index (Phi) is 7.96. The fourth-order valence-electron chi connectivity index (χ4n) is 4.03. The zero-order chi connectivity index (χ0) is 20.6. The minimum Gasteiger partial charge on any atom is -0.495 e. The number of ether oxygens (including phenoxy) is 1. The number of anilines is 1. The van der Waals surface area contributed by atoms with Crippen LogP contribution in [0.5, 0.6) is 5.75 Å². The molecule has 0 aromatic heterocycles. The lowest BCUT2D eigenvalue weighted by atomic mass is 9.93. The van der Waals surface area contributed by atoms with Crippen LogP contribution in [-0.4, -0.2) is 44.1 Å². The molecule has 0 bridgehead atoms. The van der Waals surface area contributed by atoms with Crippen molar-refractivity contribution in [3.05, 3.63) is 59.1 Å². The van der Waals surface area contributed by atoms with Gasteiger partial charge in [0.2, 0.25) is 5.91 Å². The molecule has 3 rings (SSSR count). The maximum Gasteiger partial charge on any atom is 0.223 e. The fourth-order valence-corrected chi connectivity index (χ4v) is 4.29. The number of benzene rings is 2. The highest BCUT2D eigenvalue weighted by Gasteiger charge is 2.21. The van der Waals surface area contributed by atoms with Gasteiger partial charge in [-0.1, -0.05) is 41.9 Å². The smallest absolute Gasteiger partial charge is 0.223 e. The molecule has 0 radical (unpaired) electrons. The van der Waals surface area contributed by atoms with E-state index in [1.807, 2.05) is 23.1 Å². The van der Waals surface area contributed by atoms with Crippen molar-refractivity contribution >= 4 is 23.2 Å². The summed E-state index contributed by atoms with van der Waals surface area (Å²) in [5.74, 6) is 1.34. The highest BCUT2D eigenvalue weighted by atomic mass is 35.5. The molecule has 5 heteroatoms. The minimum atomic E-state index is 0.0477. The first-order chi connectivity index (χ1) is 14.1. The van der Waals surface area contributed by atoms with Gasteiger partial charge in [0.05, 0.1) is 12.1 Å². The van der Waals surface area contributed by atoms with Crippen molar-refractivity contribution in [3.8, 4) is 5.75 Å². The Hall–Kier alpha value is -2.04. The molecule has 1 aliphatic heterocycles. The summed E-state index contributed by atoms with van der Waals surface area (Å²) in [7, 11) is 1.59. The Balaban J connectivity index is 1.46. The van der Waals surface area contributed by atoms with E-state index in [0.717, 1.165) is 44.7 Å². The normalized spacial score (nSPS) is 15.3. The van der Waals surface area contributed by atoms with Crippen LogP contribution in [0.25, 0.3) is 0 Å².